The zero-order valence-corrected chi connectivity index (χ0v) is 11.8. The molecular weight excluding hydrogens is 260 g/mol. The van der Waals surface area contributed by atoms with Gasteiger partial charge in [0.2, 0.25) is 5.95 Å². The first-order chi connectivity index (χ1) is 10.4. The number of anilines is 1. The van der Waals surface area contributed by atoms with E-state index in [1.807, 2.05) is 48.7 Å². The largest absolute Gasteiger partial charge is 0.335 e. The number of fused-ring (bicyclic) bond motifs is 1. The average Bonchev–Trinajstić information content (AvgIpc) is 2.55. The van der Waals surface area contributed by atoms with Gasteiger partial charge in [-0.15, -0.1) is 0 Å². The molecule has 0 spiro atoms. The van der Waals surface area contributed by atoms with E-state index in [0.29, 0.717) is 6.54 Å². The molecule has 3 aromatic rings. The van der Waals surface area contributed by atoms with Crippen LogP contribution in [0, 0.1) is 0 Å². The van der Waals surface area contributed by atoms with E-state index in [-0.39, 0.29) is 0 Å². The van der Waals surface area contributed by atoms with Crippen molar-refractivity contribution < 1.29 is 0 Å². The number of nitrogens with two attached hydrogens (primary N) is 1. The molecule has 0 unspecified atom stereocenters. The third-order valence-corrected chi connectivity index (χ3v) is 3.37. The highest BCUT2D eigenvalue weighted by Gasteiger charge is 2.10. The third-order valence-electron chi connectivity index (χ3n) is 3.37. The summed E-state index contributed by atoms with van der Waals surface area (Å²) in [7, 11) is 0. The van der Waals surface area contributed by atoms with Gasteiger partial charge < -0.3 is 10.6 Å². The van der Waals surface area contributed by atoms with Gasteiger partial charge in [0.15, 0.2) is 0 Å². The van der Waals surface area contributed by atoms with Crippen LogP contribution in [0.1, 0.15) is 5.56 Å². The van der Waals surface area contributed by atoms with Gasteiger partial charge in [-0.1, -0.05) is 48.5 Å². The van der Waals surface area contributed by atoms with Gasteiger partial charge in [0, 0.05) is 31.2 Å². The molecule has 0 atom stereocenters. The zero-order chi connectivity index (χ0) is 14.5. The minimum atomic E-state index is 0.572. The molecule has 0 radical (unpaired) electrons. The highest BCUT2D eigenvalue weighted by molar-refractivity contribution is 5.78. The second-order valence-electron chi connectivity index (χ2n) is 4.92. The van der Waals surface area contributed by atoms with E-state index < -0.39 is 0 Å². The molecule has 0 amide bonds. The van der Waals surface area contributed by atoms with Crippen molar-refractivity contribution in [1.29, 1.82) is 0 Å². The van der Waals surface area contributed by atoms with Crippen LogP contribution in [-0.2, 0) is 6.54 Å². The first-order valence-corrected chi connectivity index (χ1v) is 7.07. The van der Waals surface area contributed by atoms with Crippen LogP contribution in [0.4, 0.5) is 5.95 Å². The summed E-state index contributed by atoms with van der Waals surface area (Å²) in [4.78, 5) is 11.2. The predicted molar refractivity (Wildman–Crippen MR) is 86.1 cm³/mol. The summed E-state index contributed by atoms with van der Waals surface area (Å²) in [6.45, 7) is 2.06. The van der Waals surface area contributed by atoms with E-state index in [2.05, 4.69) is 27.0 Å². The van der Waals surface area contributed by atoms with Crippen LogP contribution >= 0.6 is 0 Å². The maximum atomic E-state index is 5.74. The molecule has 4 heteroatoms. The Balaban J connectivity index is 1.91. The Hall–Kier alpha value is -2.46. The molecule has 0 aliphatic heterocycles. The van der Waals surface area contributed by atoms with E-state index >= 15 is 0 Å². The van der Waals surface area contributed by atoms with Crippen molar-refractivity contribution in [3.05, 3.63) is 66.4 Å². The smallest absolute Gasteiger partial charge is 0.226 e. The molecule has 0 saturated carbocycles. The Morgan fingerprint density at radius 3 is 2.52 bits per heavy atom. The van der Waals surface area contributed by atoms with Crippen LogP contribution in [0.3, 0.4) is 0 Å². The minimum absolute atomic E-state index is 0.572. The Kier molecular flexibility index (Phi) is 4.07. The zero-order valence-electron chi connectivity index (χ0n) is 11.8. The molecule has 0 aliphatic carbocycles. The molecule has 0 fully saturated rings. The molecule has 2 N–H and O–H groups in total. The highest BCUT2D eigenvalue weighted by Crippen LogP contribution is 2.16. The Morgan fingerprint density at radius 2 is 1.71 bits per heavy atom. The molecule has 21 heavy (non-hydrogen) atoms. The summed E-state index contributed by atoms with van der Waals surface area (Å²) in [5.74, 6) is 0.725. The normalized spacial score (nSPS) is 10.7. The summed E-state index contributed by atoms with van der Waals surface area (Å²) in [5, 5.41) is 1.05. The molecule has 0 aliphatic rings. The van der Waals surface area contributed by atoms with E-state index in [0.717, 1.165) is 29.9 Å². The fraction of sp³-hybridized carbons (Fsp3) is 0.176. The van der Waals surface area contributed by atoms with Gasteiger partial charge in [0.1, 0.15) is 0 Å². The van der Waals surface area contributed by atoms with Crippen molar-refractivity contribution in [2.75, 3.05) is 18.0 Å². The second kappa shape index (κ2) is 6.33. The molecule has 1 heterocycles. The van der Waals surface area contributed by atoms with Crippen molar-refractivity contribution in [2.24, 2.45) is 5.73 Å². The summed E-state index contributed by atoms with van der Waals surface area (Å²) in [6.07, 6.45) is 1.87. The first kappa shape index (κ1) is 13.5. The van der Waals surface area contributed by atoms with Gasteiger partial charge in [-0.25, -0.2) is 9.97 Å². The number of aromatic nitrogens is 2. The fourth-order valence-electron chi connectivity index (χ4n) is 2.32. The van der Waals surface area contributed by atoms with Crippen LogP contribution in [0.15, 0.2) is 60.8 Å². The second-order valence-corrected chi connectivity index (χ2v) is 4.92. The Morgan fingerprint density at radius 1 is 0.952 bits per heavy atom. The van der Waals surface area contributed by atoms with Crippen LogP contribution < -0.4 is 10.6 Å². The molecule has 4 nitrogen and oxygen atoms in total. The monoisotopic (exact) mass is 278 g/mol. The van der Waals surface area contributed by atoms with Crippen molar-refractivity contribution in [3.8, 4) is 0 Å². The summed E-state index contributed by atoms with van der Waals surface area (Å²) in [6, 6.07) is 18.3. The first-order valence-electron chi connectivity index (χ1n) is 7.07. The lowest BCUT2D eigenvalue weighted by Gasteiger charge is -2.22. The third kappa shape index (κ3) is 3.17. The van der Waals surface area contributed by atoms with E-state index in [4.69, 9.17) is 5.73 Å². The van der Waals surface area contributed by atoms with Crippen LogP contribution in [0.2, 0.25) is 0 Å². The van der Waals surface area contributed by atoms with Gasteiger partial charge in [0.25, 0.3) is 0 Å². The predicted octanol–water partition coefficient (Wildman–Crippen LogP) is 2.60. The summed E-state index contributed by atoms with van der Waals surface area (Å²) >= 11 is 0. The van der Waals surface area contributed by atoms with E-state index in [1.54, 1.807) is 0 Å². The van der Waals surface area contributed by atoms with Crippen molar-refractivity contribution in [3.63, 3.8) is 0 Å². The average molecular weight is 278 g/mol. The molecule has 0 bridgehead atoms. The highest BCUT2D eigenvalue weighted by atomic mass is 15.2. The molecule has 106 valence electrons. The number of para-hydroxylation sites is 1. The number of nitrogens with zero attached hydrogens (tertiary/aromatic N) is 3. The summed E-state index contributed by atoms with van der Waals surface area (Å²) < 4.78 is 0. The molecular formula is C17H18N4. The van der Waals surface area contributed by atoms with Crippen LogP contribution in [0.25, 0.3) is 10.9 Å². The quantitative estimate of drug-likeness (QED) is 0.779. The maximum absolute atomic E-state index is 5.74. The number of hydrogen-bond donors (Lipinski definition) is 1. The van der Waals surface area contributed by atoms with E-state index in [9.17, 15) is 0 Å². The van der Waals surface area contributed by atoms with Gasteiger partial charge >= 0.3 is 0 Å². The van der Waals surface area contributed by atoms with Gasteiger partial charge in [0.05, 0.1) is 5.52 Å². The van der Waals surface area contributed by atoms with Crippen LogP contribution in [-0.4, -0.2) is 23.1 Å². The molecule has 2 aromatic carbocycles. The van der Waals surface area contributed by atoms with Crippen molar-refractivity contribution in [1.82, 2.24) is 9.97 Å². The Bertz CT molecular complexity index is 712. The lowest BCUT2D eigenvalue weighted by molar-refractivity contribution is 0.761. The standard InChI is InChI=1S/C17H18N4/c18-10-11-21(13-14-6-2-1-3-7-14)17-19-12-15-8-4-5-9-16(15)20-17/h1-9,12H,10-11,13,18H2. The molecule has 0 saturated heterocycles. The van der Waals surface area contributed by atoms with Crippen molar-refractivity contribution >= 4 is 16.9 Å². The number of benzene rings is 2. The topological polar surface area (TPSA) is 55.0 Å². The van der Waals surface area contributed by atoms with Gasteiger partial charge in [-0.2, -0.15) is 0 Å². The number of hydrogen-bond acceptors (Lipinski definition) is 4. The molecule has 1 aromatic heterocycles. The lowest BCUT2D eigenvalue weighted by atomic mass is 10.2. The van der Waals surface area contributed by atoms with Crippen LogP contribution in [0.5, 0.6) is 0 Å². The Labute approximate surface area is 124 Å². The van der Waals surface area contributed by atoms with Gasteiger partial charge in [-0.05, 0) is 11.6 Å². The lowest BCUT2D eigenvalue weighted by Crippen LogP contribution is -2.30. The molecule has 3 rings (SSSR count). The van der Waals surface area contributed by atoms with Gasteiger partial charge in [-0.3, -0.25) is 0 Å². The van der Waals surface area contributed by atoms with Crippen molar-refractivity contribution in [2.45, 2.75) is 6.54 Å². The SMILES string of the molecule is NCCN(Cc1ccccc1)c1ncc2ccccc2n1. The summed E-state index contributed by atoms with van der Waals surface area (Å²) in [5.41, 5.74) is 7.92. The maximum Gasteiger partial charge on any atom is 0.226 e. The number of rotatable bonds is 5. The minimum Gasteiger partial charge on any atom is -0.335 e. The fourth-order valence-corrected chi connectivity index (χ4v) is 2.32. The van der Waals surface area contributed by atoms with E-state index in [1.165, 1.54) is 5.56 Å².